The predicted molar refractivity (Wildman–Crippen MR) is 120 cm³/mol. The summed E-state index contributed by atoms with van der Waals surface area (Å²) in [7, 11) is 0. The van der Waals surface area contributed by atoms with Crippen molar-refractivity contribution in [3.05, 3.63) is 71.3 Å². The van der Waals surface area contributed by atoms with E-state index in [9.17, 15) is 14.9 Å². The molecule has 1 aliphatic heterocycles. The molecule has 2 aromatic heterocycles. The van der Waals surface area contributed by atoms with Crippen molar-refractivity contribution in [3.63, 3.8) is 0 Å². The van der Waals surface area contributed by atoms with Crippen molar-refractivity contribution in [2.24, 2.45) is 0 Å². The highest BCUT2D eigenvalue weighted by Crippen LogP contribution is 2.29. The number of rotatable bonds is 5. The monoisotopic (exact) mass is 431 g/mol. The van der Waals surface area contributed by atoms with Crippen LogP contribution >= 0.6 is 0 Å². The van der Waals surface area contributed by atoms with Gasteiger partial charge < -0.3 is 14.6 Å². The van der Waals surface area contributed by atoms with Crippen molar-refractivity contribution >= 4 is 17.6 Å². The van der Waals surface area contributed by atoms with E-state index in [0.717, 1.165) is 16.9 Å². The number of carbonyl (C=O) groups is 2. The van der Waals surface area contributed by atoms with E-state index in [-0.39, 0.29) is 18.4 Å². The molecule has 0 atom stereocenters. The van der Waals surface area contributed by atoms with Gasteiger partial charge in [0.2, 0.25) is 5.91 Å². The summed E-state index contributed by atoms with van der Waals surface area (Å²) in [6.07, 6.45) is 1.48. The first-order valence-corrected chi connectivity index (χ1v) is 10.5. The highest BCUT2D eigenvalue weighted by molar-refractivity contribution is 5.94. The Kier molecular flexibility index (Phi) is 6.10. The van der Waals surface area contributed by atoms with Crippen LogP contribution in [0, 0.1) is 25.2 Å². The Morgan fingerprint density at radius 1 is 1.06 bits per heavy atom. The lowest BCUT2D eigenvalue weighted by Crippen LogP contribution is -2.50. The first-order valence-electron chi connectivity index (χ1n) is 10.5. The van der Waals surface area contributed by atoms with Crippen LogP contribution in [0.5, 0.6) is 0 Å². The number of carbonyl (C=O) groups excluding carboxylic acids is 2. The minimum atomic E-state index is -0.193. The first-order chi connectivity index (χ1) is 15.5. The molecule has 8 nitrogen and oxygen atoms in total. The second kappa shape index (κ2) is 9.12. The van der Waals surface area contributed by atoms with Crippen LogP contribution in [0.3, 0.4) is 0 Å². The zero-order chi connectivity index (χ0) is 22.7. The molecule has 0 unspecified atom stereocenters. The minimum absolute atomic E-state index is 0.135. The molecule has 164 valence electrons. The van der Waals surface area contributed by atoms with Gasteiger partial charge in [0.05, 0.1) is 18.4 Å². The maximum Gasteiger partial charge on any atom is 0.289 e. The molecule has 0 aliphatic carbocycles. The van der Waals surface area contributed by atoms with Crippen LogP contribution in [0.1, 0.15) is 27.4 Å². The van der Waals surface area contributed by atoms with E-state index in [4.69, 9.17) is 4.42 Å². The molecule has 0 spiro atoms. The number of piperazine rings is 1. The van der Waals surface area contributed by atoms with E-state index in [2.05, 4.69) is 11.4 Å². The highest BCUT2D eigenvalue weighted by atomic mass is 16.3. The van der Waals surface area contributed by atoms with Crippen LogP contribution in [0.25, 0.3) is 5.69 Å². The third-order valence-electron chi connectivity index (χ3n) is 5.86. The van der Waals surface area contributed by atoms with Gasteiger partial charge in [-0.2, -0.15) is 5.26 Å². The second-order valence-corrected chi connectivity index (χ2v) is 7.81. The third-order valence-corrected chi connectivity index (χ3v) is 5.86. The van der Waals surface area contributed by atoms with Gasteiger partial charge in [0, 0.05) is 37.6 Å². The maximum atomic E-state index is 12.9. The number of hydrogen-bond donors (Lipinski definition) is 1. The number of amides is 2. The molecule has 4 rings (SSSR count). The minimum Gasteiger partial charge on any atom is -0.459 e. The van der Waals surface area contributed by atoms with Crippen molar-refractivity contribution < 1.29 is 14.0 Å². The molecule has 0 bridgehead atoms. The molecule has 1 saturated heterocycles. The fourth-order valence-electron chi connectivity index (χ4n) is 4.00. The molecular formula is C24H25N5O3. The van der Waals surface area contributed by atoms with Crippen molar-refractivity contribution in [3.8, 4) is 11.8 Å². The van der Waals surface area contributed by atoms with Crippen LogP contribution in [0.4, 0.5) is 5.82 Å². The van der Waals surface area contributed by atoms with Crippen molar-refractivity contribution in [1.29, 1.82) is 5.26 Å². The van der Waals surface area contributed by atoms with Gasteiger partial charge in [0.1, 0.15) is 11.9 Å². The number of anilines is 1. The molecule has 0 saturated carbocycles. The number of para-hydroxylation sites is 1. The zero-order valence-corrected chi connectivity index (χ0v) is 18.2. The number of nitrogens with one attached hydrogen (secondary N) is 1. The van der Waals surface area contributed by atoms with Crippen LogP contribution in [0.2, 0.25) is 0 Å². The molecule has 3 heterocycles. The van der Waals surface area contributed by atoms with E-state index in [1.54, 1.807) is 17.0 Å². The Balaban J connectivity index is 1.44. The van der Waals surface area contributed by atoms with Gasteiger partial charge in [-0.15, -0.1) is 0 Å². The lowest BCUT2D eigenvalue weighted by atomic mass is 10.2. The SMILES string of the molecule is Cc1c(C#N)c(NC(=O)CN2CCN(C(=O)c3ccco3)CC2)n(-c2ccccc2)c1C. The Hall–Kier alpha value is -3.83. The van der Waals surface area contributed by atoms with Gasteiger partial charge in [-0.25, -0.2) is 0 Å². The second-order valence-electron chi connectivity index (χ2n) is 7.81. The summed E-state index contributed by atoms with van der Waals surface area (Å²) in [5.74, 6) is 0.490. The number of furan rings is 1. The normalized spacial score (nSPS) is 14.2. The summed E-state index contributed by atoms with van der Waals surface area (Å²) in [6.45, 7) is 6.23. The van der Waals surface area contributed by atoms with Gasteiger partial charge in [-0.1, -0.05) is 18.2 Å². The van der Waals surface area contributed by atoms with Crippen LogP contribution in [-0.4, -0.2) is 58.9 Å². The Morgan fingerprint density at radius 2 is 1.78 bits per heavy atom. The summed E-state index contributed by atoms with van der Waals surface area (Å²) in [4.78, 5) is 29.0. The summed E-state index contributed by atoms with van der Waals surface area (Å²) in [6, 6.07) is 15.2. The molecular weight excluding hydrogens is 406 g/mol. The summed E-state index contributed by atoms with van der Waals surface area (Å²) in [5, 5.41) is 12.7. The molecule has 3 aromatic rings. The van der Waals surface area contributed by atoms with E-state index < -0.39 is 0 Å². The number of nitrogens with zero attached hydrogens (tertiary/aromatic N) is 4. The summed E-state index contributed by atoms with van der Waals surface area (Å²) in [5.41, 5.74) is 3.10. The number of aromatic nitrogens is 1. The van der Waals surface area contributed by atoms with E-state index >= 15 is 0 Å². The number of nitriles is 1. The number of hydrogen-bond acceptors (Lipinski definition) is 5. The lowest BCUT2D eigenvalue weighted by molar-refractivity contribution is -0.117. The fraction of sp³-hybridized carbons (Fsp3) is 0.292. The van der Waals surface area contributed by atoms with Crippen molar-refractivity contribution in [1.82, 2.24) is 14.4 Å². The molecule has 2 amide bonds. The average molecular weight is 431 g/mol. The van der Waals surface area contributed by atoms with E-state index in [1.807, 2.05) is 53.6 Å². The quantitative estimate of drug-likeness (QED) is 0.670. The highest BCUT2D eigenvalue weighted by Gasteiger charge is 2.26. The van der Waals surface area contributed by atoms with Crippen LogP contribution in [0.15, 0.2) is 53.1 Å². The van der Waals surface area contributed by atoms with Gasteiger partial charge in [0.15, 0.2) is 5.76 Å². The maximum absolute atomic E-state index is 12.9. The fourth-order valence-corrected chi connectivity index (χ4v) is 4.00. The van der Waals surface area contributed by atoms with Crippen LogP contribution < -0.4 is 5.32 Å². The Morgan fingerprint density at radius 3 is 2.41 bits per heavy atom. The lowest BCUT2D eigenvalue weighted by Gasteiger charge is -2.33. The predicted octanol–water partition coefficient (Wildman–Crippen LogP) is 2.96. The molecule has 1 aliphatic rings. The number of benzene rings is 1. The molecule has 1 N–H and O–H groups in total. The van der Waals surface area contributed by atoms with Crippen molar-refractivity contribution in [2.45, 2.75) is 13.8 Å². The van der Waals surface area contributed by atoms with Crippen molar-refractivity contribution in [2.75, 3.05) is 38.0 Å². The molecule has 1 fully saturated rings. The molecule has 1 aromatic carbocycles. The standard InChI is InChI=1S/C24H25N5O3/c1-17-18(2)29(19-7-4-3-5-8-19)23(20(17)15-25)26-22(30)16-27-10-12-28(13-11-27)24(31)21-9-6-14-32-21/h3-9,14H,10-13,16H2,1-2H3,(H,26,30). The Bertz CT molecular complexity index is 1150. The Labute approximate surface area is 186 Å². The van der Waals surface area contributed by atoms with Crippen LogP contribution in [-0.2, 0) is 4.79 Å². The van der Waals surface area contributed by atoms with Gasteiger partial charge in [-0.3, -0.25) is 19.1 Å². The largest absolute Gasteiger partial charge is 0.459 e. The van der Waals surface area contributed by atoms with Gasteiger partial charge in [0.25, 0.3) is 5.91 Å². The first kappa shape index (κ1) is 21.4. The zero-order valence-electron chi connectivity index (χ0n) is 18.2. The third kappa shape index (κ3) is 4.15. The topological polar surface area (TPSA) is 94.5 Å². The average Bonchev–Trinajstić information content (AvgIpc) is 3.42. The summed E-state index contributed by atoms with van der Waals surface area (Å²) < 4.78 is 7.10. The smallest absolute Gasteiger partial charge is 0.289 e. The van der Waals surface area contributed by atoms with Gasteiger partial charge in [-0.05, 0) is 43.7 Å². The molecule has 32 heavy (non-hydrogen) atoms. The molecule has 0 radical (unpaired) electrons. The van der Waals surface area contributed by atoms with E-state index in [0.29, 0.717) is 43.3 Å². The molecule has 8 heteroatoms. The van der Waals surface area contributed by atoms with E-state index in [1.165, 1.54) is 6.26 Å². The summed E-state index contributed by atoms with van der Waals surface area (Å²) >= 11 is 0. The van der Waals surface area contributed by atoms with Gasteiger partial charge >= 0.3 is 0 Å².